The summed E-state index contributed by atoms with van der Waals surface area (Å²) in [7, 11) is -4.02. The number of pyridine rings is 1. The van der Waals surface area contributed by atoms with Gasteiger partial charge in [-0.25, -0.2) is 30.7 Å². The number of carbonyl (C=O) groups excluding carboxylic acids is 1. The van der Waals surface area contributed by atoms with Gasteiger partial charge >= 0.3 is 0 Å². The Morgan fingerprint density at radius 2 is 1.94 bits per heavy atom. The maximum atomic E-state index is 14.8. The second kappa shape index (κ2) is 9.60. The van der Waals surface area contributed by atoms with Crippen LogP contribution in [0.1, 0.15) is 18.5 Å². The molecule has 1 aromatic heterocycles. The zero-order chi connectivity index (χ0) is 24.4. The van der Waals surface area contributed by atoms with Crippen molar-refractivity contribution in [1.82, 2.24) is 14.6 Å². The lowest BCUT2D eigenvalue weighted by Crippen LogP contribution is -2.52. The molecule has 0 unspecified atom stereocenters. The van der Waals surface area contributed by atoms with Crippen LogP contribution in [0, 0.1) is 11.6 Å². The second-order valence-corrected chi connectivity index (χ2v) is 9.70. The Bertz CT molecular complexity index is 1140. The summed E-state index contributed by atoms with van der Waals surface area (Å²) < 4.78 is 82.4. The van der Waals surface area contributed by atoms with Crippen molar-refractivity contribution in [3.8, 4) is 11.3 Å². The van der Waals surface area contributed by atoms with Crippen molar-refractivity contribution >= 4 is 15.9 Å². The highest BCUT2D eigenvalue weighted by Gasteiger charge is 2.56. The van der Waals surface area contributed by atoms with E-state index in [2.05, 4.69) is 11.6 Å². The lowest BCUT2D eigenvalue weighted by Gasteiger charge is -2.28. The SMILES string of the molecule is C=CCCC(=O)N1CC(F)(F)[C@H](NS(C)(=O)=O)[C@@H]1Cc1cccc(-c2cc(F)cc(F)c2)n1. The summed E-state index contributed by atoms with van der Waals surface area (Å²) >= 11 is 0. The van der Waals surface area contributed by atoms with E-state index in [0.29, 0.717) is 6.07 Å². The Hall–Kier alpha value is -2.79. The summed E-state index contributed by atoms with van der Waals surface area (Å²) in [6.45, 7) is 2.57. The van der Waals surface area contributed by atoms with Crippen LogP contribution in [0.15, 0.2) is 49.1 Å². The summed E-state index contributed by atoms with van der Waals surface area (Å²) in [6, 6.07) is 4.34. The van der Waals surface area contributed by atoms with Crippen LogP contribution in [0.3, 0.4) is 0 Å². The summed E-state index contributed by atoms with van der Waals surface area (Å²) in [5.41, 5.74) is 0.602. The van der Waals surface area contributed by atoms with Crippen LogP contribution in [0.25, 0.3) is 11.3 Å². The van der Waals surface area contributed by atoms with Crippen molar-refractivity contribution in [1.29, 1.82) is 0 Å². The second-order valence-electron chi connectivity index (χ2n) is 7.92. The van der Waals surface area contributed by atoms with E-state index in [1.54, 1.807) is 0 Å². The Balaban J connectivity index is 1.97. The van der Waals surface area contributed by atoms with E-state index in [1.165, 1.54) is 24.3 Å². The minimum Gasteiger partial charge on any atom is -0.331 e. The summed E-state index contributed by atoms with van der Waals surface area (Å²) in [5.74, 6) is -5.69. The summed E-state index contributed by atoms with van der Waals surface area (Å²) in [6.07, 6.45) is 2.26. The maximum absolute atomic E-state index is 14.8. The first kappa shape index (κ1) is 24.8. The van der Waals surface area contributed by atoms with Gasteiger partial charge in [0.2, 0.25) is 15.9 Å². The molecule has 1 aliphatic rings. The molecule has 1 aromatic carbocycles. The van der Waals surface area contributed by atoms with Gasteiger partial charge in [0.05, 0.1) is 24.5 Å². The van der Waals surface area contributed by atoms with Crippen LogP contribution in [-0.4, -0.2) is 55.0 Å². The Morgan fingerprint density at radius 1 is 1.27 bits per heavy atom. The van der Waals surface area contributed by atoms with Crippen LogP contribution in [-0.2, 0) is 21.2 Å². The van der Waals surface area contributed by atoms with Crippen LogP contribution in [0.5, 0.6) is 0 Å². The molecule has 3 rings (SSSR count). The number of allylic oxidation sites excluding steroid dienone is 1. The van der Waals surface area contributed by atoms with E-state index in [-0.39, 0.29) is 36.2 Å². The average molecular weight is 486 g/mol. The molecule has 0 radical (unpaired) electrons. The third-order valence-electron chi connectivity index (χ3n) is 5.23. The molecule has 2 aromatic rings. The lowest BCUT2D eigenvalue weighted by molar-refractivity contribution is -0.133. The number of sulfonamides is 1. The fraction of sp³-hybridized carbons (Fsp3) is 0.364. The fourth-order valence-corrected chi connectivity index (χ4v) is 4.63. The number of amides is 1. The molecule has 1 N–H and O–H groups in total. The Kier molecular flexibility index (Phi) is 7.23. The Morgan fingerprint density at radius 3 is 2.55 bits per heavy atom. The molecule has 11 heteroatoms. The maximum Gasteiger partial charge on any atom is 0.283 e. The highest BCUT2D eigenvalue weighted by Crippen LogP contribution is 2.35. The minimum atomic E-state index is -4.02. The normalized spacial score (nSPS) is 20.1. The smallest absolute Gasteiger partial charge is 0.283 e. The van der Waals surface area contributed by atoms with Crippen LogP contribution in [0.4, 0.5) is 17.6 Å². The van der Waals surface area contributed by atoms with E-state index in [1.807, 2.05) is 4.72 Å². The third kappa shape index (κ3) is 6.17. The van der Waals surface area contributed by atoms with Gasteiger partial charge in [-0.15, -0.1) is 6.58 Å². The van der Waals surface area contributed by atoms with Gasteiger partial charge in [-0.2, -0.15) is 0 Å². The topological polar surface area (TPSA) is 79.4 Å². The number of aromatic nitrogens is 1. The van der Waals surface area contributed by atoms with Gasteiger partial charge in [0, 0.05) is 30.2 Å². The summed E-state index contributed by atoms with van der Waals surface area (Å²) in [4.78, 5) is 17.9. The first-order valence-electron chi connectivity index (χ1n) is 10.1. The predicted molar refractivity (Wildman–Crippen MR) is 115 cm³/mol. The number of halogens is 4. The molecule has 0 saturated carbocycles. The van der Waals surface area contributed by atoms with Gasteiger partial charge in [0.1, 0.15) is 17.7 Å². The zero-order valence-electron chi connectivity index (χ0n) is 17.8. The van der Waals surface area contributed by atoms with Gasteiger partial charge in [-0.3, -0.25) is 9.78 Å². The molecule has 2 atom stereocenters. The molecule has 2 heterocycles. The van der Waals surface area contributed by atoms with E-state index >= 15 is 0 Å². The molecule has 0 spiro atoms. The van der Waals surface area contributed by atoms with Gasteiger partial charge < -0.3 is 4.90 Å². The molecule has 0 aliphatic carbocycles. The number of likely N-dealkylation sites (tertiary alicyclic amines) is 1. The van der Waals surface area contributed by atoms with E-state index in [4.69, 9.17) is 0 Å². The molecule has 1 saturated heterocycles. The van der Waals surface area contributed by atoms with E-state index < -0.39 is 52.1 Å². The lowest BCUT2D eigenvalue weighted by atomic mass is 10.0. The number of carbonyl (C=O) groups is 1. The number of nitrogens with one attached hydrogen (secondary N) is 1. The fourth-order valence-electron chi connectivity index (χ4n) is 3.84. The molecule has 178 valence electrons. The first-order valence-corrected chi connectivity index (χ1v) is 12.0. The van der Waals surface area contributed by atoms with Crippen molar-refractivity contribution in [3.05, 3.63) is 66.4 Å². The van der Waals surface area contributed by atoms with Crippen molar-refractivity contribution in [2.24, 2.45) is 0 Å². The number of hydrogen-bond acceptors (Lipinski definition) is 4. The molecule has 1 fully saturated rings. The standard InChI is InChI=1S/C22H23F4N3O3S/c1-3-4-8-20(30)29-13-22(25,26)21(28-33(2,31)32)19(29)12-17-6-5-7-18(27-17)14-9-15(23)11-16(24)10-14/h3,5-7,9-11,19,21,28H,1,4,8,12-13H2,2H3/t19-,21+/m0/s1. The third-order valence-corrected chi connectivity index (χ3v) is 5.91. The first-order chi connectivity index (χ1) is 15.4. The molecule has 33 heavy (non-hydrogen) atoms. The molecular weight excluding hydrogens is 462 g/mol. The average Bonchev–Trinajstić information content (AvgIpc) is 2.95. The van der Waals surface area contributed by atoms with Gasteiger partial charge in [-0.05, 0) is 30.7 Å². The van der Waals surface area contributed by atoms with Crippen LogP contribution in [0.2, 0.25) is 0 Å². The van der Waals surface area contributed by atoms with Crippen molar-refractivity contribution in [3.63, 3.8) is 0 Å². The summed E-state index contributed by atoms with van der Waals surface area (Å²) in [5, 5.41) is 0. The number of rotatable bonds is 8. The van der Waals surface area contributed by atoms with Crippen LogP contribution >= 0.6 is 0 Å². The number of alkyl halides is 2. The van der Waals surface area contributed by atoms with Crippen molar-refractivity contribution < 1.29 is 30.8 Å². The molecular formula is C22H23F4N3O3S. The largest absolute Gasteiger partial charge is 0.331 e. The van der Waals surface area contributed by atoms with Crippen molar-refractivity contribution in [2.75, 3.05) is 12.8 Å². The number of nitrogens with zero attached hydrogens (tertiary/aromatic N) is 2. The molecule has 1 aliphatic heterocycles. The number of hydrogen-bond donors (Lipinski definition) is 1. The van der Waals surface area contributed by atoms with Crippen LogP contribution < -0.4 is 4.72 Å². The minimum absolute atomic E-state index is 0.0578. The quantitative estimate of drug-likeness (QED) is 0.460. The Labute approximate surface area is 189 Å². The molecule has 0 bridgehead atoms. The molecule has 6 nitrogen and oxygen atoms in total. The highest BCUT2D eigenvalue weighted by molar-refractivity contribution is 7.88. The zero-order valence-corrected chi connectivity index (χ0v) is 18.6. The van der Waals surface area contributed by atoms with Gasteiger partial charge in [0.25, 0.3) is 5.92 Å². The van der Waals surface area contributed by atoms with Gasteiger partial charge in [0.15, 0.2) is 0 Å². The monoisotopic (exact) mass is 485 g/mol. The van der Waals surface area contributed by atoms with E-state index in [9.17, 15) is 30.8 Å². The number of benzene rings is 1. The van der Waals surface area contributed by atoms with Gasteiger partial charge in [-0.1, -0.05) is 12.1 Å². The highest BCUT2D eigenvalue weighted by atomic mass is 32.2. The predicted octanol–water partition coefficient (Wildman–Crippen LogP) is 3.30. The van der Waals surface area contributed by atoms with Crippen molar-refractivity contribution in [2.45, 2.75) is 37.3 Å². The van der Waals surface area contributed by atoms with E-state index in [0.717, 1.165) is 23.3 Å². The molecule has 1 amide bonds.